The van der Waals surface area contributed by atoms with E-state index in [1.54, 1.807) is 0 Å². The van der Waals surface area contributed by atoms with Crippen LogP contribution in [0.15, 0.2) is 41.3 Å². The third-order valence-corrected chi connectivity index (χ3v) is 6.36. The molecule has 0 spiro atoms. The smallest absolute Gasteiger partial charge is 0.391 e. The van der Waals surface area contributed by atoms with Gasteiger partial charge in [0.05, 0.1) is 30.1 Å². The van der Waals surface area contributed by atoms with Crippen molar-refractivity contribution in [1.82, 2.24) is 14.9 Å². The quantitative estimate of drug-likeness (QED) is 0.502. The zero-order valence-electron chi connectivity index (χ0n) is 18.9. The molecule has 8 nitrogen and oxygen atoms in total. The molecule has 2 N–H and O–H groups in total. The van der Waals surface area contributed by atoms with Crippen LogP contribution in [-0.2, 0) is 4.79 Å². The van der Waals surface area contributed by atoms with Crippen molar-refractivity contribution in [2.24, 2.45) is 5.92 Å². The predicted octanol–water partition coefficient (Wildman–Crippen LogP) is 2.83. The molecule has 1 saturated heterocycles. The number of alkyl halides is 3. The van der Waals surface area contributed by atoms with E-state index in [-0.39, 0.29) is 48.3 Å². The zero-order chi connectivity index (χ0) is 26.6. The number of anilines is 1. The summed E-state index contributed by atoms with van der Waals surface area (Å²) in [4.78, 5) is 43.7. The van der Waals surface area contributed by atoms with Gasteiger partial charge < -0.3 is 10.4 Å². The Bertz CT molecular complexity index is 1480. The molecule has 1 aromatic carbocycles. The number of aromatic nitrogens is 2. The summed E-state index contributed by atoms with van der Waals surface area (Å²) >= 11 is 0. The number of fused-ring (bicyclic) bond motifs is 1. The van der Waals surface area contributed by atoms with Crippen LogP contribution in [0.1, 0.15) is 29.6 Å². The molecule has 13 heteroatoms. The maximum absolute atomic E-state index is 14.8. The van der Waals surface area contributed by atoms with E-state index in [0.29, 0.717) is 6.07 Å². The van der Waals surface area contributed by atoms with Crippen molar-refractivity contribution in [1.29, 1.82) is 0 Å². The number of nitrogens with zero attached hydrogens (tertiary/aromatic N) is 3. The Morgan fingerprint density at radius 2 is 1.86 bits per heavy atom. The van der Waals surface area contributed by atoms with Gasteiger partial charge in [0, 0.05) is 12.3 Å². The highest BCUT2D eigenvalue weighted by molar-refractivity contribution is 5.99. The normalized spacial score (nSPS) is 18.9. The summed E-state index contributed by atoms with van der Waals surface area (Å²) in [6.07, 6.45) is -4.46. The van der Waals surface area contributed by atoms with E-state index in [4.69, 9.17) is 0 Å². The number of pyridine rings is 2. The fourth-order valence-electron chi connectivity index (χ4n) is 4.39. The summed E-state index contributed by atoms with van der Waals surface area (Å²) in [6.45, 7) is -0.0764. The van der Waals surface area contributed by atoms with E-state index >= 15 is 0 Å². The van der Waals surface area contributed by atoms with E-state index in [1.807, 2.05) is 5.32 Å². The highest BCUT2D eigenvalue weighted by Gasteiger charge is 2.50. The number of halogens is 5. The first-order chi connectivity index (χ1) is 17.4. The highest BCUT2D eigenvalue weighted by atomic mass is 19.4. The SMILES string of the molecule is O=C(NC(C1CC1)C(F)(F)F)c1cn(-c2ccc(F)cc2F)c2nc(N3CC(O)CC3=O)ccc2c1=O. The first kappa shape index (κ1) is 24.8. The molecule has 3 aromatic rings. The number of carbonyl (C=O) groups excluding carboxylic acids is 2. The van der Waals surface area contributed by atoms with Crippen LogP contribution in [0.5, 0.6) is 0 Å². The Kier molecular flexibility index (Phi) is 5.97. The van der Waals surface area contributed by atoms with E-state index < -0.39 is 58.7 Å². The van der Waals surface area contributed by atoms with Crippen molar-refractivity contribution in [2.75, 3.05) is 11.4 Å². The van der Waals surface area contributed by atoms with Crippen molar-refractivity contribution in [3.05, 3.63) is 63.9 Å². The first-order valence-corrected chi connectivity index (χ1v) is 11.3. The maximum Gasteiger partial charge on any atom is 0.408 e. The van der Waals surface area contributed by atoms with Crippen molar-refractivity contribution in [3.8, 4) is 5.69 Å². The van der Waals surface area contributed by atoms with E-state index in [2.05, 4.69) is 4.98 Å². The molecular formula is C24H19F5N4O4. The second-order valence-electron chi connectivity index (χ2n) is 9.07. The Labute approximate surface area is 205 Å². The molecule has 2 fully saturated rings. The molecule has 2 unspecified atom stereocenters. The zero-order valence-corrected chi connectivity index (χ0v) is 18.9. The van der Waals surface area contributed by atoms with Gasteiger partial charge in [-0.2, -0.15) is 13.2 Å². The van der Waals surface area contributed by atoms with Gasteiger partial charge in [-0.25, -0.2) is 13.8 Å². The lowest BCUT2D eigenvalue weighted by atomic mass is 10.1. The maximum atomic E-state index is 14.8. The Morgan fingerprint density at radius 3 is 2.46 bits per heavy atom. The summed E-state index contributed by atoms with van der Waals surface area (Å²) in [5, 5.41) is 11.4. The van der Waals surface area contributed by atoms with Crippen LogP contribution >= 0.6 is 0 Å². The van der Waals surface area contributed by atoms with Gasteiger partial charge in [-0.1, -0.05) is 0 Å². The van der Waals surface area contributed by atoms with Gasteiger partial charge in [-0.05, 0) is 43.0 Å². The monoisotopic (exact) mass is 522 g/mol. The second-order valence-corrected chi connectivity index (χ2v) is 9.07. The standard InChI is InChI=1S/C24H19F5N4O4/c25-12-3-5-17(16(26)7-12)32-10-15(23(37)31-21(11-1-2-11)24(27,28)29)20(36)14-4-6-18(30-22(14)32)33-9-13(34)8-19(33)35/h3-7,10-11,13,21,34H,1-2,8-9H2,(H,31,37). The van der Waals surface area contributed by atoms with E-state index in [9.17, 15) is 41.4 Å². The molecule has 37 heavy (non-hydrogen) atoms. The van der Waals surface area contributed by atoms with Crippen molar-refractivity contribution >= 4 is 28.7 Å². The number of hydrogen-bond acceptors (Lipinski definition) is 5. The summed E-state index contributed by atoms with van der Waals surface area (Å²) in [6, 6.07) is 2.80. The van der Waals surface area contributed by atoms with Gasteiger partial charge in [-0.3, -0.25) is 23.9 Å². The number of rotatable bonds is 5. The van der Waals surface area contributed by atoms with Crippen LogP contribution < -0.4 is 15.6 Å². The number of benzene rings is 1. The molecule has 1 saturated carbocycles. The number of hydrogen-bond donors (Lipinski definition) is 2. The fourth-order valence-corrected chi connectivity index (χ4v) is 4.39. The molecular weight excluding hydrogens is 503 g/mol. The summed E-state index contributed by atoms with van der Waals surface area (Å²) in [7, 11) is 0. The predicted molar refractivity (Wildman–Crippen MR) is 120 cm³/mol. The molecule has 0 radical (unpaired) electrons. The number of nitrogens with one attached hydrogen (secondary N) is 1. The van der Waals surface area contributed by atoms with Crippen LogP contribution in [0, 0.1) is 17.6 Å². The topological polar surface area (TPSA) is 105 Å². The molecule has 2 amide bonds. The Morgan fingerprint density at radius 1 is 1.14 bits per heavy atom. The van der Waals surface area contributed by atoms with Crippen LogP contribution in [-0.4, -0.2) is 51.3 Å². The van der Waals surface area contributed by atoms with E-state index in [1.165, 1.54) is 12.1 Å². The number of aliphatic hydroxyl groups excluding tert-OH is 1. The molecule has 3 heterocycles. The van der Waals surface area contributed by atoms with Gasteiger partial charge in [0.2, 0.25) is 11.3 Å². The number of carbonyl (C=O) groups is 2. The third kappa shape index (κ3) is 4.66. The number of aliphatic hydroxyl groups is 1. The minimum Gasteiger partial charge on any atom is -0.391 e. The third-order valence-electron chi connectivity index (χ3n) is 6.36. The Balaban J connectivity index is 1.67. The molecule has 194 valence electrons. The summed E-state index contributed by atoms with van der Waals surface area (Å²) in [5.74, 6) is -4.55. The van der Waals surface area contributed by atoms with Crippen molar-refractivity contribution in [2.45, 2.75) is 37.6 Å². The molecule has 5 rings (SSSR count). The summed E-state index contributed by atoms with van der Waals surface area (Å²) < 4.78 is 69.8. The van der Waals surface area contributed by atoms with Crippen molar-refractivity contribution in [3.63, 3.8) is 0 Å². The number of amides is 2. The lowest BCUT2D eigenvalue weighted by Crippen LogP contribution is -2.48. The van der Waals surface area contributed by atoms with Crippen LogP contribution in [0.3, 0.4) is 0 Å². The molecule has 2 aromatic heterocycles. The van der Waals surface area contributed by atoms with Gasteiger partial charge in [0.25, 0.3) is 5.91 Å². The van der Waals surface area contributed by atoms with Crippen LogP contribution in [0.4, 0.5) is 27.8 Å². The lowest BCUT2D eigenvalue weighted by molar-refractivity contribution is -0.158. The largest absolute Gasteiger partial charge is 0.408 e. The molecule has 2 aliphatic rings. The minimum absolute atomic E-state index is 0.0211. The average Bonchev–Trinajstić information content (AvgIpc) is 3.60. The number of β-amino-alcohol motifs (C(OH)–C–C–N with tert-alkyl or cyclic N) is 1. The second kappa shape index (κ2) is 8.91. The minimum atomic E-state index is -4.74. The summed E-state index contributed by atoms with van der Waals surface area (Å²) in [5.41, 5.74) is -2.23. The fraction of sp³-hybridized carbons (Fsp3) is 0.333. The van der Waals surface area contributed by atoms with Gasteiger partial charge in [0.15, 0.2) is 5.65 Å². The van der Waals surface area contributed by atoms with Crippen LogP contribution in [0.2, 0.25) is 0 Å². The first-order valence-electron chi connectivity index (χ1n) is 11.3. The lowest BCUT2D eigenvalue weighted by Gasteiger charge is -2.22. The molecule has 2 atom stereocenters. The van der Waals surface area contributed by atoms with Gasteiger partial charge in [-0.15, -0.1) is 0 Å². The average molecular weight is 522 g/mol. The molecule has 1 aliphatic heterocycles. The van der Waals surface area contributed by atoms with Crippen molar-refractivity contribution < 1.29 is 36.6 Å². The molecule has 0 bridgehead atoms. The Hall–Kier alpha value is -3.87. The highest BCUT2D eigenvalue weighted by Crippen LogP contribution is 2.40. The van der Waals surface area contributed by atoms with Crippen LogP contribution in [0.25, 0.3) is 16.7 Å². The van der Waals surface area contributed by atoms with Gasteiger partial charge in [0.1, 0.15) is 29.1 Å². The van der Waals surface area contributed by atoms with E-state index in [0.717, 1.165) is 27.8 Å². The molecule has 1 aliphatic carbocycles. The van der Waals surface area contributed by atoms with Gasteiger partial charge >= 0.3 is 6.18 Å².